The van der Waals surface area contributed by atoms with Gasteiger partial charge in [-0.15, -0.1) is 0 Å². The summed E-state index contributed by atoms with van der Waals surface area (Å²) in [4.78, 5) is 10.4. The molecule has 0 heterocycles. The van der Waals surface area contributed by atoms with E-state index in [1.54, 1.807) is 0 Å². The normalized spacial score (nSPS) is 14.7. The van der Waals surface area contributed by atoms with E-state index in [2.05, 4.69) is 38.1 Å². The molecule has 0 aliphatic heterocycles. The molecule has 0 amide bonds. The highest BCUT2D eigenvalue weighted by Crippen LogP contribution is 2.31. The van der Waals surface area contributed by atoms with Crippen molar-refractivity contribution in [3.05, 3.63) is 35.9 Å². The average molecular weight is 190 g/mol. The summed E-state index contributed by atoms with van der Waals surface area (Å²) in [5.41, 5.74) is 1.49. The number of carbonyl (C=O) groups is 1. The zero-order chi connectivity index (χ0) is 10.4. The minimum Gasteiger partial charge on any atom is -0.303 e. The van der Waals surface area contributed by atoms with E-state index in [0.29, 0.717) is 6.42 Å². The fraction of sp³-hybridized carbons (Fsp3) is 0.462. The maximum Gasteiger partial charge on any atom is 0.120 e. The van der Waals surface area contributed by atoms with Crippen LogP contribution in [0.25, 0.3) is 0 Å². The summed E-state index contributed by atoms with van der Waals surface area (Å²) in [6, 6.07) is 10.4. The fourth-order valence-corrected chi connectivity index (χ4v) is 1.74. The number of benzene rings is 1. The molecule has 1 atom stereocenters. The smallest absolute Gasteiger partial charge is 0.120 e. The molecule has 1 unspecified atom stereocenters. The second kappa shape index (κ2) is 4.94. The topological polar surface area (TPSA) is 17.1 Å². The lowest BCUT2D eigenvalue weighted by molar-refractivity contribution is -0.108. The van der Waals surface area contributed by atoms with Crippen LogP contribution in [0, 0.1) is 0 Å². The SMILES string of the molecule is CCC(C)(CCC=O)c1ccccc1. The van der Waals surface area contributed by atoms with Crippen LogP contribution in [0.2, 0.25) is 0 Å². The molecular formula is C13H18O. The van der Waals surface area contributed by atoms with Crippen LogP contribution in [-0.2, 0) is 10.2 Å². The number of rotatable bonds is 5. The molecule has 0 N–H and O–H groups in total. The number of aldehydes is 1. The maximum atomic E-state index is 10.4. The Morgan fingerprint density at radius 2 is 1.93 bits per heavy atom. The van der Waals surface area contributed by atoms with Gasteiger partial charge in [0.05, 0.1) is 0 Å². The predicted molar refractivity (Wildman–Crippen MR) is 59.4 cm³/mol. The predicted octanol–water partition coefficient (Wildman–Crippen LogP) is 3.33. The number of carbonyl (C=O) groups excluding carboxylic acids is 1. The van der Waals surface area contributed by atoms with E-state index in [0.717, 1.165) is 19.1 Å². The van der Waals surface area contributed by atoms with Crippen LogP contribution in [0.15, 0.2) is 30.3 Å². The highest BCUT2D eigenvalue weighted by molar-refractivity contribution is 5.49. The Bertz CT molecular complexity index is 279. The summed E-state index contributed by atoms with van der Waals surface area (Å²) in [6.07, 6.45) is 3.68. The van der Waals surface area contributed by atoms with Crippen LogP contribution in [-0.4, -0.2) is 6.29 Å². The maximum absolute atomic E-state index is 10.4. The molecule has 1 nitrogen and oxygen atoms in total. The second-order valence-corrected chi connectivity index (χ2v) is 3.99. The Labute approximate surface area is 86.1 Å². The Hall–Kier alpha value is -1.11. The quantitative estimate of drug-likeness (QED) is 0.651. The minimum absolute atomic E-state index is 0.155. The molecule has 0 aliphatic rings. The van der Waals surface area contributed by atoms with Gasteiger partial charge in [-0.3, -0.25) is 0 Å². The first-order valence-electron chi connectivity index (χ1n) is 5.22. The van der Waals surface area contributed by atoms with Crippen LogP contribution in [0.5, 0.6) is 0 Å². The number of hydrogen-bond acceptors (Lipinski definition) is 1. The first-order valence-corrected chi connectivity index (χ1v) is 5.22. The Balaban J connectivity index is 2.84. The van der Waals surface area contributed by atoms with Crippen LogP contribution in [0.1, 0.15) is 38.7 Å². The van der Waals surface area contributed by atoms with Crippen molar-refractivity contribution in [3.8, 4) is 0 Å². The molecule has 0 aliphatic carbocycles. The lowest BCUT2D eigenvalue weighted by Gasteiger charge is -2.28. The van der Waals surface area contributed by atoms with Crippen LogP contribution in [0.3, 0.4) is 0 Å². The van der Waals surface area contributed by atoms with Gasteiger partial charge >= 0.3 is 0 Å². The summed E-state index contributed by atoms with van der Waals surface area (Å²) in [5.74, 6) is 0. The number of hydrogen-bond donors (Lipinski definition) is 0. The molecule has 14 heavy (non-hydrogen) atoms. The standard InChI is InChI=1S/C13H18O/c1-3-13(2,10-7-11-14)12-8-5-4-6-9-12/h4-6,8-9,11H,3,7,10H2,1-2H3. The molecule has 0 radical (unpaired) electrons. The van der Waals surface area contributed by atoms with Crippen molar-refractivity contribution in [1.29, 1.82) is 0 Å². The molecule has 1 rings (SSSR count). The molecular weight excluding hydrogens is 172 g/mol. The highest BCUT2D eigenvalue weighted by atomic mass is 16.1. The molecule has 76 valence electrons. The highest BCUT2D eigenvalue weighted by Gasteiger charge is 2.23. The van der Waals surface area contributed by atoms with E-state index in [-0.39, 0.29) is 5.41 Å². The van der Waals surface area contributed by atoms with Crippen molar-refractivity contribution in [2.75, 3.05) is 0 Å². The van der Waals surface area contributed by atoms with Crippen molar-refractivity contribution in [3.63, 3.8) is 0 Å². The monoisotopic (exact) mass is 190 g/mol. The Morgan fingerprint density at radius 1 is 1.29 bits per heavy atom. The summed E-state index contributed by atoms with van der Waals surface area (Å²) in [7, 11) is 0. The van der Waals surface area contributed by atoms with E-state index >= 15 is 0 Å². The molecule has 1 aromatic rings. The molecule has 0 bridgehead atoms. The van der Waals surface area contributed by atoms with Gasteiger partial charge in [-0.1, -0.05) is 44.2 Å². The van der Waals surface area contributed by atoms with Crippen molar-refractivity contribution in [1.82, 2.24) is 0 Å². The van der Waals surface area contributed by atoms with Gasteiger partial charge in [-0.2, -0.15) is 0 Å². The molecule has 0 spiro atoms. The van der Waals surface area contributed by atoms with Crippen LogP contribution in [0.4, 0.5) is 0 Å². The summed E-state index contributed by atoms with van der Waals surface area (Å²) < 4.78 is 0. The zero-order valence-electron chi connectivity index (χ0n) is 8.99. The van der Waals surface area contributed by atoms with E-state index in [1.807, 2.05) is 6.07 Å². The third-order valence-corrected chi connectivity index (χ3v) is 3.07. The third kappa shape index (κ3) is 2.44. The van der Waals surface area contributed by atoms with Gasteiger partial charge in [0.25, 0.3) is 0 Å². The molecule has 1 aromatic carbocycles. The summed E-state index contributed by atoms with van der Waals surface area (Å²) in [5, 5.41) is 0. The van der Waals surface area contributed by atoms with E-state index in [1.165, 1.54) is 5.56 Å². The molecule has 0 saturated heterocycles. The van der Waals surface area contributed by atoms with E-state index < -0.39 is 0 Å². The van der Waals surface area contributed by atoms with Gasteiger partial charge in [-0.25, -0.2) is 0 Å². The van der Waals surface area contributed by atoms with Crippen molar-refractivity contribution < 1.29 is 4.79 Å². The van der Waals surface area contributed by atoms with E-state index in [9.17, 15) is 4.79 Å². The Kier molecular flexibility index (Phi) is 3.87. The second-order valence-electron chi connectivity index (χ2n) is 3.99. The van der Waals surface area contributed by atoms with Crippen LogP contribution < -0.4 is 0 Å². The first kappa shape index (κ1) is 11.0. The van der Waals surface area contributed by atoms with Gasteiger partial charge in [-0.05, 0) is 23.8 Å². The van der Waals surface area contributed by atoms with Gasteiger partial charge in [0.15, 0.2) is 0 Å². The molecule has 0 saturated carbocycles. The molecule has 0 fully saturated rings. The first-order chi connectivity index (χ1) is 6.73. The lowest BCUT2D eigenvalue weighted by Crippen LogP contribution is -2.20. The summed E-state index contributed by atoms with van der Waals surface area (Å²) >= 11 is 0. The van der Waals surface area contributed by atoms with Crippen molar-refractivity contribution >= 4 is 6.29 Å². The summed E-state index contributed by atoms with van der Waals surface area (Å²) in [6.45, 7) is 4.41. The average Bonchev–Trinajstić information content (AvgIpc) is 2.27. The fourth-order valence-electron chi connectivity index (χ4n) is 1.74. The van der Waals surface area contributed by atoms with E-state index in [4.69, 9.17) is 0 Å². The van der Waals surface area contributed by atoms with Gasteiger partial charge < -0.3 is 4.79 Å². The molecule has 0 aromatic heterocycles. The van der Waals surface area contributed by atoms with Crippen molar-refractivity contribution in [2.45, 2.75) is 38.5 Å². The van der Waals surface area contributed by atoms with Crippen LogP contribution >= 0.6 is 0 Å². The lowest BCUT2D eigenvalue weighted by atomic mass is 9.76. The van der Waals surface area contributed by atoms with Gasteiger partial charge in [0.1, 0.15) is 6.29 Å². The van der Waals surface area contributed by atoms with Crippen molar-refractivity contribution in [2.24, 2.45) is 0 Å². The zero-order valence-corrected chi connectivity index (χ0v) is 8.99. The molecule has 1 heteroatoms. The van der Waals surface area contributed by atoms with Gasteiger partial charge in [0, 0.05) is 6.42 Å². The largest absolute Gasteiger partial charge is 0.303 e. The van der Waals surface area contributed by atoms with Gasteiger partial charge in [0.2, 0.25) is 0 Å². The minimum atomic E-state index is 0.155. The third-order valence-electron chi connectivity index (χ3n) is 3.07. The Morgan fingerprint density at radius 3 is 2.43 bits per heavy atom.